The van der Waals surface area contributed by atoms with Crippen LogP contribution in [0.5, 0.6) is 0 Å². The van der Waals surface area contributed by atoms with Gasteiger partial charge in [-0.15, -0.1) is 0 Å². The van der Waals surface area contributed by atoms with E-state index >= 15 is 0 Å². The highest BCUT2D eigenvalue weighted by Gasteiger charge is 2.23. The fourth-order valence-electron chi connectivity index (χ4n) is 1.34. The molecule has 0 bridgehead atoms. The summed E-state index contributed by atoms with van der Waals surface area (Å²) in [5.41, 5.74) is 4.08. The van der Waals surface area contributed by atoms with Crippen LogP contribution in [0.1, 0.15) is 23.1 Å². The first kappa shape index (κ1) is 12.4. The minimum Gasteiger partial charge on any atom is -0.481 e. The van der Waals surface area contributed by atoms with Crippen molar-refractivity contribution in [2.45, 2.75) is 19.4 Å². The Morgan fingerprint density at radius 3 is 2.62 bits per heavy atom. The van der Waals surface area contributed by atoms with Gasteiger partial charge in [0.1, 0.15) is 0 Å². The number of pyridine rings is 1. The van der Waals surface area contributed by atoms with Crippen LogP contribution in [-0.4, -0.2) is 16.1 Å². The largest absolute Gasteiger partial charge is 0.481 e. The molecule has 1 aromatic heterocycles. The standard InChI is InChI=1S/C9H9F3N2O2/c10-8(11)7-5(1-6(15)16)4(2-13)3-14-9(7)12/h3,8H,1-2,13H2,(H,15,16). The maximum atomic E-state index is 13.0. The van der Waals surface area contributed by atoms with Gasteiger partial charge in [0.15, 0.2) is 0 Å². The van der Waals surface area contributed by atoms with E-state index in [2.05, 4.69) is 4.98 Å². The lowest BCUT2D eigenvalue weighted by atomic mass is 10.0. The maximum Gasteiger partial charge on any atom is 0.307 e. The van der Waals surface area contributed by atoms with Crippen molar-refractivity contribution in [2.24, 2.45) is 5.73 Å². The number of carboxylic acid groups (broad SMARTS) is 1. The molecule has 0 radical (unpaired) electrons. The first-order valence-electron chi connectivity index (χ1n) is 4.33. The maximum absolute atomic E-state index is 13.0. The molecule has 1 heterocycles. The molecular weight excluding hydrogens is 225 g/mol. The minimum absolute atomic E-state index is 0.110. The molecule has 0 amide bonds. The number of nitrogens with two attached hydrogens (primary N) is 1. The summed E-state index contributed by atoms with van der Waals surface area (Å²) < 4.78 is 38.1. The Bertz CT molecular complexity index is 410. The number of carboxylic acids is 1. The van der Waals surface area contributed by atoms with Crippen LogP contribution in [0.2, 0.25) is 0 Å². The minimum atomic E-state index is -3.12. The Hall–Kier alpha value is -1.63. The number of nitrogens with zero attached hydrogens (tertiary/aromatic N) is 1. The Balaban J connectivity index is 3.36. The van der Waals surface area contributed by atoms with Crippen molar-refractivity contribution in [3.05, 3.63) is 28.8 Å². The quantitative estimate of drug-likeness (QED) is 0.768. The van der Waals surface area contributed by atoms with Crippen LogP contribution >= 0.6 is 0 Å². The molecule has 88 valence electrons. The molecule has 0 aliphatic carbocycles. The summed E-state index contributed by atoms with van der Waals surface area (Å²) in [5.74, 6) is -2.69. The van der Waals surface area contributed by atoms with Crippen molar-refractivity contribution in [2.75, 3.05) is 0 Å². The third-order valence-corrected chi connectivity index (χ3v) is 2.03. The number of halogens is 3. The normalized spacial score (nSPS) is 10.8. The summed E-state index contributed by atoms with van der Waals surface area (Å²) in [6, 6.07) is 0. The van der Waals surface area contributed by atoms with E-state index in [-0.39, 0.29) is 17.7 Å². The summed E-state index contributed by atoms with van der Waals surface area (Å²) in [6.45, 7) is -0.171. The van der Waals surface area contributed by atoms with Crippen molar-refractivity contribution < 1.29 is 23.1 Å². The predicted octanol–water partition coefficient (Wildman–Crippen LogP) is 1.24. The van der Waals surface area contributed by atoms with Gasteiger partial charge in [-0.25, -0.2) is 13.8 Å². The molecule has 0 saturated carbocycles. The molecule has 0 aromatic carbocycles. The lowest BCUT2D eigenvalue weighted by molar-refractivity contribution is -0.136. The fourth-order valence-corrected chi connectivity index (χ4v) is 1.34. The van der Waals surface area contributed by atoms with Gasteiger partial charge in [-0.2, -0.15) is 4.39 Å². The highest BCUT2D eigenvalue weighted by molar-refractivity contribution is 5.71. The summed E-state index contributed by atoms with van der Waals surface area (Å²) in [5, 5.41) is 8.56. The highest BCUT2D eigenvalue weighted by Crippen LogP contribution is 2.27. The summed E-state index contributed by atoms with van der Waals surface area (Å²) in [4.78, 5) is 13.6. The molecule has 7 heteroatoms. The van der Waals surface area contributed by atoms with Gasteiger partial charge in [-0.3, -0.25) is 4.79 Å². The highest BCUT2D eigenvalue weighted by atomic mass is 19.3. The number of carbonyl (C=O) groups is 1. The average molecular weight is 234 g/mol. The molecule has 3 N–H and O–H groups in total. The third kappa shape index (κ3) is 2.48. The summed E-state index contributed by atoms with van der Waals surface area (Å²) in [7, 11) is 0. The van der Waals surface area contributed by atoms with Crippen LogP contribution in [-0.2, 0) is 17.8 Å². The fraction of sp³-hybridized carbons (Fsp3) is 0.333. The lowest BCUT2D eigenvalue weighted by Crippen LogP contribution is -2.13. The zero-order valence-electron chi connectivity index (χ0n) is 8.08. The predicted molar refractivity (Wildman–Crippen MR) is 48.4 cm³/mol. The number of rotatable bonds is 4. The first-order chi connectivity index (χ1) is 7.47. The van der Waals surface area contributed by atoms with Crippen molar-refractivity contribution in [3.63, 3.8) is 0 Å². The van der Waals surface area contributed by atoms with E-state index in [1.54, 1.807) is 0 Å². The van der Waals surface area contributed by atoms with E-state index in [0.29, 0.717) is 0 Å². The van der Waals surface area contributed by atoms with Crippen molar-refractivity contribution in [1.29, 1.82) is 0 Å². The van der Waals surface area contributed by atoms with Crippen LogP contribution in [0.3, 0.4) is 0 Å². The van der Waals surface area contributed by atoms with Crippen LogP contribution in [0.25, 0.3) is 0 Å². The molecule has 0 aliphatic heterocycles. The average Bonchev–Trinajstić information content (AvgIpc) is 2.16. The van der Waals surface area contributed by atoms with Crippen LogP contribution in [0, 0.1) is 5.95 Å². The van der Waals surface area contributed by atoms with Crippen LogP contribution in [0.15, 0.2) is 6.20 Å². The van der Waals surface area contributed by atoms with Crippen LogP contribution in [0.4, 0.5) is 13.2 Å². The van der Waals surface area contributed by atoms with Gasteiger partial charge < -0.3 is 10.8 Å². The van der Waals surface area contributed by atoms with E-state index in [9.17, 15) is 18.0 Å². The molecule has 0 spiro atoms. The topological polar surface area (TPSA) is 76.2 Å². The van der Waals surface area contributed by atoms with Crippen molar-refractivity contribution in [3.8, 4) is 0 Å². The Labute approximate surface area is 88.9 Å². The molecule has 4 nitrogen and oxygen atoms in total. The molecule has 0 unspecified atom stereocenters. The summed E-state index contributed by atoms with van der Waals surface area (Å²) in [6.07, 6.45) is -2.85. The first-order valence-corrected chi connectivity index (χ1v) is 4.33. The van der Waals surface area contributed by atoms with Crippen molar-refractivity contribution in [1.82, 2.24) is 4.98 Å². The zero-order chi connectivity index (χ0) is 12.3. The SMILES string of the molecule is NCc1cnc(F)c(C(F)F)c1CC(=O)O. The van der Waals surface area contributed by atoms with E-state index in [1.165, 1.54) is 0 Å². The number of aliphatic carboxylic acids is 1. The van der Waals surface area contributed by atoms with E-state index in [4.69, 9.17) is 10.8 Å². The molecule has 0 aliphatic rings. The van der Waals surface area contributed by atoms with E-state index in [1.807, 2.05) is 0 Å². The number of hydrogen-bond acceptors (Lipinski definition) is 3. The third-order valence-electron chi connectivity index (χ3n) is 2.03. The molecule has 1 rings (SSSR count). The Morgan fingerprint density at radius 1 is 1.56 bits per heavy atom. The van der Waals surface area contributed by atoms with Gasteiger partial charge in [0.05, 0.1) is 12.0 Å². The molecular formula is C9H9F3N2O2. The molecule has 0 fully saturated rings. The lowest BCUT2D eigenvalue weighted by Gasteiger charge is -2.11. The Morgan fingerprint density at radius 2 is 2.19 bits per heavy atom. The second kappa shape index (κ2) is 4.93. The number of alkyl halides is 2. The van der Waals surface area contributed by atoms with Gasteiger partial charge in [0.2, 0.25) is 5.95 Å². The molecule has 16 heavy (non-hydrogen) atoms. The zero-order valence-corrected chi connectivity index (χ0v) is 8.08. The molecule has 0 saturated heterocycles. The van der Waals surface area contributed by atoms with Crippen molar-refractivity contribution >= 4 is 5.97 Å². The Kier molecular flexibility index (Phi) is 3.83. The van der Waals surface area contributed by atoms with Crippen LogP contribution < -0.4 is 5.73 Å². The monoisotopic (exact) mass is 234 g/mol. The van der Waals surface area contributed by atoms with E-state index < -0.39 is 30.3 Å². The second-order valence-electron chi connectivity index (χ2n) is 3.04. The van der Waals surface area contributed by atoms with Gasteiger partial charge >= 0.3 is 5.97 Å². The van der Waals surface area contributed by atoms with E-state index in [0.717, 1.165) is 6.20 Å². The molecule has 1 aromatic rings. The van der Waals surface area contributed by atoms with Gasteiger partial charge in [-0.1, -0.05) is 0 Å². The molecule has 0 atom stereocenters. The van der Waals surface area contributed by atoms with Gasteiger partial charge in [0.25, 0.3) is 6.43 Å². The van der Waals surface area contributed by atoms with Gasteiger partial charge in [-0.05, 0) is 11.1 Å². The smallest absolute Gasteiger partial charge is 0.307 e. The number of aromatic nitrogens is 1. The second-order valence-corrected chi connectivity index (χ2v) is 3.04. The van der Waals surface area contributed by atoms with Gasteiger partial charge in [0, 0.05) is 12.7 Å². The summed E-state index contributed by atoms with van der Waals surface area (Å²) >= 11 is 0. The number of hydrogen-bond donors (Lipinski definition) is 2.